The summed E-state index contributed by atoms with van der Waals surface area (Å²) in [4.78, 5) is 5.75. The Labute approximate surface area is 123 Å². The summed E-state index contributed by atoms with van der Waals surface area (Å²) in [6.45, 7) is 5.24. The van der Waals surface area contributed by atoms with Gasteiger partial charge in [0.15, 0.2) is 4.96 Å². The zero-order valence-corrected chi connectivity index (χ0v) is 12.7. The van der Waals surface area contributed by atoms with E-state index in [2.05, 4.69) is 70.6 Å². The minimum atomic E-state index is 0.324. The Morgan fingerprint density at radius 1 is 1.40 bits per heavy atom. The normalized spacial score (nSPS) is 12.9. The van der Waals surface area contributed by atoms with E-state index in [0.29, 0.717) is 6.04 Å². The van der Waals surface area contributed by atoms with Crippen LogP contribution in [0.25, 0.3) is 4.96 Å². The van der Waals surface area contributed by atoms with Gasteiger partial charge < -0.3 is 5.32 Å². The average molecular weight is 285 g/mol. The minimum absolute atomic E-state index is 0.324. The summed E-state index contributed by atoms with van der Waals surface area (Å²) >= 11 is 1.68. The molecule has 0 spiro atoms. The number of hydrogen-bond acceptors (Lipinski definition) is 3. The Bertz CT molecular complexity index is 670. The van der Waals surface area contributed by atoms with E-state index in [-0.39, 0.29) is 0 Å². The molecular formula is C16H19N3S. The summed E-state index contributed by atoms with van der Waals surface area (Å²) in [6, 6.07) is 9.04. The van der Waals surface area contributed by atoms with Gasteiger partial charge in [0, 0.05) is 30.2 Å². The first-order valence-electron chi connectivity index (χ1n) is 6.97. The molecule has 0 aliphatic carbocycles. The highest BCUT2D eigenvalue weighted by Gasteiger charge is 2.13. The molecule has 0 radical (unpaired) electrons. The van der Waals surface area contributed by atoms with Crippen LogP contribution in [0.5, 0.6) is 0 Å². The van der Waals surface area contributed by atoms with Gasteiger partial charge in [-0.1, -0.05) is 36.8 Å². The molecule has 3 nitrogen and oxygen atoms in total. The Kier molecular flexibility index (Phi) is 3.85. The largest absolute Gasteiger partial charge is 0.310 e. The SMILES string of the molecule is CCNC(Cc1cn2ccsc2n1)c1cccc(C)c1. The Balaban J connectivity index is 1.85. The predicted octanol–water partition coefficient (Wildman–Crippen LogP) is 3.60. The van der Waals surface area contributed by atoms with Gasteiger partial charge in [-0.3, -0.25) is 4.40 Å². The third kappa shape index (κ3) is 2.76. The van der Waals surface area contributed by atoms with Gasteiger partial charge in [0.2, 0.25) is 0 Å². The molecule has 0 saturated carbocycles. The van der Waals surface area contributed by atoms with E-state index < -0.39 is 0 Å². The molecule has 20 heavy (non-hydrogen) atoms. The van der Waals surface area contributed by atoms with Crippen molar-refractivity contribution in [3.05, 3.63) is 58.9 Å². The number of benzene rings is 1. The molecule has 0 amide bonds. The van der Waals surface area contributed by atoms with Crippen LogP contribution in [0.2, 0.25) is 0 Å². The third-order valence-corrected chi connectivity index (χ3v) is 4.22. The average Bonchev–Trinajstić information content (AvgIpc) is 2.99. The molecular weight excluding hydrogens is 266 g/mol. The number of imidazole rings is 1. The second kappa shape index (κ2) is 5.77. The van der Waals surface area contributed by atoms with Crippen LogP contribution in [0.3, 0.4) is 0 Å². The lowest BCUT2D eigenvalue weighted by molar-refractivity contribution is 0.545. The Hall–Kier alpha value is -1.65. The maximum Gasteiger partial charge on any atom is 0.193 e. The summed E-state index contributed by atoms with van der Waals surface area (Å²) in [7, 11) is 0. The number of thiazole rings is 1. The number of nitrogens with one attached hydrogen (secondary N) is 1. The maximum absolute atomic E-state index is 4.68. The van der Waals surface area contributed by atoms with E-state index in [1.165, 1.54) is 11.1 Å². The lowest BCUT2D eigenvalue weighted by Gasteiger charge is -2.17. The molecule has 0 saturated heterocycles. The van der Waals surface area contributed by atoms with Crippen molar-refractivity contribution in [3.8, 4) is 0 Å². The van der Waals surface area contributed by atoms with E-state index in [1.54, 1.807) is 11.3 Å². The fourth-order valence-electron chi connectivity index (χ4n) is 2.52. The van der Waals surface area contributed by atoms with Gasteiger partial charge in [-0.15, -0.1) is 11.3 Å². The summed E-state index contributed by atoms with van der Waals surface area (Å²) in [6.07, 6.45) is 5.11. The van der Waals surface area contributed by atoms with Crippen molar-refractivity contribution in [2.45, 2.75) is 26.3 Å². The van der Waals surface area contributed by atoms with Crippen LogP contribution in [0, 0.1) is 6.92 Å². The number of nitrogens with zero attached hydrogens (tertiary/aromatic N) is 2. The van der Waals surface area contributed by atoms with Crippen molar-refractivity contribution in [3.63, 3.8) is 0 Å². The molecule has 1 N–H and O–H groups in total. The quantitative estimate of drug-likeness (QED) is 0.776. The van der Waals surface area contributed by atoms with Gasteiger partial charge in [-0.2, -0.15) is 0 Å². The maximum atomic E-state index is 4.68. The lowest BCUT2D eigenvalue weighted by Crippen LogP contribution is -2.23. The number of aromatic nitrogens is 2. The van der Waals surface area contributed by atoms with Crippen LogP contribution < -0.4 is 5.32 Å². The molecule has 0 fully saturated rings. The molecule has 4 heteroatoms. The van der Waals surface area contributed by atoms with Crippen molar-refractivity contribution in [2.24, 2.45) is 0 Å². The molecule has 0 aliphatic heterocycles. The topological polar surface area (TPSA) is 29.3 Å². The number of rotatable bonds is 5. The highest BCUT2D eigenvalue weighted by atomic mass is 32.1. The van der Waals surface area contributed by atoms with Gasteiger partial charge in [0.1, 0.15) is 0 Å². The van der Waals surface area contributed by atoms with Crippen molar-refractivity contribution >= 4 is 16.3 Å². The highest BCUT2D eigenvalue weighted by molar-refractivity contribution is 7.15. The van der Waals surface area contributed by atoms with Crippen LogP contribution in [-0.2, 0) is 6.42 Å². The first-order valence-corrected chi connectivity index (χ1v) is 7.85. The molecule has 2 aromatic heterocycles. The monoisotopic (exact) mass is 285 g/mol. The van der Waals surface area contributed by atoms with Crippen molar-refractivity contribution in [1.82, 2.24) is 14.7 Å². The van der Waals surface area contributed by atoms with Crippen LogP contribution in [0.1, 0.15) is 29.8 Å². The van der Waals surface area contributed by atoms with E-state index >= 15 is 0 Å². The summed E-state index contributed by atoms with van der Waals surface area (Å²) < 4.78 is 2.10. The Morgan fingerprint density at radius 2 is 2.30 bits per heavy atom. The predicted molar refractivity (Wildman–Crippen MR) is 84.4 cm³/mol. The summed E-state index contributed by atoms with van der Waals surface area (Å²) in [5.41, 5.74) is 3.78. The summed E-state index contributed by atoms with van der Waals surface area (Å²) in [5.74, 6) is 0. The molecule has 3 aromatic rings. The van der Waals surface area contributed by atoms with Crippen LogP contribution >= 0.6 is 11.3 Å². The number of aryl methyl sites for hydroxylation is 1. The minimum Gasteiger partial charge on any atom is -0.310 e. The van der Waals surface area contributed by atoms with Crippen molar-refractivity contribution < 1.29 is 0 Å². The van der Waals surface area contributed by atoms with Gasteiger partial charge in [0.25, 0.3) is 0 Å². The van der Waals surface area contributed by atoms with Gasteiger partial charge in [0.05, 0.1) is 5.69 Å². The fraction of sp³-hybridized carbons (Fsp3) is 0.312. The summed E-state index contributed by atoms with van der Waals surface area (Å²) in [5, 5.41) is 5.63. The van der Waals surface area contributed by atoms with Gasteiger partial charge >= 0.3 is 0 Å². The van der Waals surface area contributed by atoms with E-state index in [4.69, 9.17) is 0 Å². The Morgan fingerprint density at radius 3 is 3.05 bits per heavy atom. The standard InChI is InChI=1S/C16H19N3S/c1-3-17-15(13-6-4-5-12(2)9-13)10-14-11-19-7-8-20-16(19)18-14/h4-9,11,15,17H,3,10H2,1-2H3. The number of hydrogen-bond donors (Lipinski definition) is 1. The number of likely N-dealkylation sites (N-methyl/N-ethyl adjacent to an activating group) is 1. The first kappa shape index (κ1) is 13.3. The van der Waals surface area contributed by atoms with Crippen molar-refractivity contribution in [2.75, 3.05) is 6.54 Å². The molecule has 0 bridgehead atoms. The first-order chi connectivity index (χ1) is 9.76. The zero-order chi connectivity index (χ0) is 13.9. The van der Waals surface area contributed by atoms with Gasteiger partial charge in [-0.05, 0) is 19.0 Å². The molecule has 1 atom stereocenters. The molecule has 2 heterocycles. The van der Waals surface area contributed by atoms with Crippen molar-refractivity contribution in [1.29, 1.82) is 0 Å². The van der Waals surface area contributed by atoms with E-state index in [9.17, 15) is 0 Å². The second-order valence-electron chi connectivity index (χ2n) is 5.05. The van der Waals surface area contributed by atoms with E-state index in [0.717, 1.165) is 23.6 Å². The molecule has 3 rings (SSSR count). The van der Waals surface area contributed by atoms with E-state index in [1.807, 2.05) is 0 Å². The zero-order valence-electron chi connectivity index (χ0n) is 11.8. The fourth-order valence-corrected chi connectivity index (χ4v) is 3.24. The molecule has 104 valence electrons. The highest BCUT2D eigenvalue weighted by Crippen LogP contribution is 2.20. The molecule has 0 aliphatic rings. The molecule has 1 unspecified atom stereocenters. The van der Waals surface area contributed by atoms with Gasteiger partial charge in [-0.25, -0.2) is 4.98 Å². The smallest absolute Gasteiger partial charge is 0.193 e. The lowest BCUT2D eigenvalue weighted by atomic mass is 10.0. The molecule has 1 aromatic carbocycles. The number of fused-ring (bicyclic) bond motifs is 1. The van der Waals surface area contributed by atoms with Crippen LogP contribution in [-0.4, -0.2) is 15.9 Å². The van der Waals surface area contributed by atoms with Crippen LogP contribution in [0.4, 0.5) is 0 Å². The third-order valence-electron chi connectivity index (χ3n) is 3.45. The van der Waals surface area contributed by atoms with Crippen LogP contribution in [0.15, 0.2) is 42.0 Å². The second-order valence-corrected chi connectivity index (χ2v) is 5.93.